The zero-order chi connectivity index (χ0) is 22.5. The summed E-state index contributed by atoms with van der Waals surface area (Å²) in [7, 11) is 1.62. The van der Waals surface area contributed by atoms with Crippen molar-refractivity contribution in [1.82, 2.24) is 0 Å². The minimum absolute atomic E-state index is 0.173. The van der Waals surface area contributed by atoms with Crippen LogP contribution in [0.3, 0.4) is 0 Å². The van der Waals surface area contributed by atoms with Crippen LogP contribution in [-0.4, -0.2) is 13.0 Å². The van der Waals surface area contributed by atoms with Crippen LogP contribution < -0.4 is 14.8 Å². The van der Waals surface area contributed by atoms with Crippen LogP contribution in [0.4, 0.5) is 5.69 Å². The predicted molar refractivity (Wildman–Crippen MR) is 130 cm³/mol. The van der Waals surface area contributed by atoms with E-state index < -0.39 is 0 Å². The molecular weight excluding hydrogens is 398 g/mol. The van der Waals surface area contributed by atoms with Crippen molar-refractivity contribution in [3.05, 3.63) is 102 Å². The third-order valence-electron chi connectivity index (χ3n) is 5.50. The molecule has 1 N–H and O–H groups in total. The van der Waals surface area contributed by atoms with E-state index in [2.05, 4.69) is 25.2 Å². The number of carbonyl (C=O) groups excluding carboxylic acids is 1. The van der Waals surface area contributed by atoms with Gasteiger partial charge in [0.2, 0.25) is 0 Å². The lowest BCUT2D eigenvalue weighted by Gasteiger charge is -2.16. The molecule has 0 bridgehead atoms. The maximum absolute atomic E-state index is 13.0. The van der Waals surface area contributed by atoms with Crippen molar-refractivity contribution in [3.8, 4) is 11.5 Å². The summed E-state index contributed by atoms with van der Waals surface area (Å²) < 4.78 is 11.6. The monoisotopic (exact) mass is 425 g/mol. The smallest absolute Gasteiger partial charge is 0.255 e. The van der Waals surface area contributed by atoms with Gasteiger partial charge in [-0.1, -0.05) is 68.4 Å². The van der Waals surface area contributed by atoms with Gasteiger partial charge in [0, 0.05) is 22.2 Å². The highest BCUT2D eigenvalue weighted by Gasteiger charge is 2.14. The second kappa shape index (κ2) is 9.56. The van der Waals surface area contributed by atoms with Gasteiger partial charge in [-0.15, -0.1) is 0 Å². The van der Waals surface area contributed by atoms with Crippen LogP contribution >= 0.6 is 0 Å². The van der Waals surface area contributed by atoms with Crippen LogP contribution in [-0.2, 0) is 6.61 Å². The van der Waals surface area contributed by atoms with E-state index in [4.69, 9.17) is 9.47 Å². The molecule has 0 aromatic heterocycles. The van der Waals surface area contributed by atoms with Crippen LogP contribution in [0.15, 0.2) is 84.9 Å². The van der Waals surface area contributed by atoms with Gasteiger partial charge in [0.15, 0.2) is 0 Å². The summed E-state index contributed by atoms with van der Waals surface area (Å²) in [6.07, 6.45) is 0. The Balaban J connectivity index is 1.57. The van der Waals surface area contributed by atoms with Crippen molar-refractivity contribution >= 4 is 22.4 Å². The third-order valence-corrected chi connectivity index (χ3v) is 5.50. The molecule has 0 saturated heterocycles. The van der Waals surface area contributed by atoms with Crippen molar-refractivity contribution < 1.29 is 14.3 Å². The van der Waals surface area contributed by atoms with Crippen molar-refractivity contribution in [2.24, 2.45) is 0 Å². The zero-order valence-electron chi connectivity index (χ0n) is 18.6. The molecule has 0 aliphatic carbocycles. The maximum Gasteiger partial charge on any atom is 0.255 e. The van der Waals surface area contributed by atoms with E-state index in [1.54, 1.807) is 13.2 Å². The number of hydrogen-bond acceptors (Lipinski definition) is 3. The molecule has 4 aromatic rings. The highest BCUT2D eigenvalue weighted by atomic mass is 16.5. The first-order valence-corrected chi connectivity index (χ1v) is 10.7. The molecule has 0 aliphatic heterocycles. The Hall–Kier alpha value is -3.79. The second-order valence-corrected chi connectivity index (χ2v) is 7.99. The van der Waals surface area contributed by atoms with Gasteiger partial charge in [-0.3, -0.25) is 4.79 Å². The standard InChI is InChI=1S/C28H27NO3/c1-19(2)23-11-6-7-14-27(23)32-18-22-17-21(15-16-26(22)31-3)28(30)29-25-13-8-10-20-9-4-5-12-24(20)25/h4-17,19H,18H2,1-3H3,(H,29,30). The van der Waals surface area contributed by atoms with Gasteiger partial charge in [0.25, 0.3) is 5.91 Å². The van der Waals surface area contributed by atoms with Crippen LogP contribution in [0.5, 0.6) is 11.5 Å². The number of hydrogen-bond donors (Lipinski definition) is 1. The lowest BCUT2D eigenvalue weighted by Crippen LogP contribution is -2.13. The Morgan fingerprint density at radius 3 is 2.44 bits per heavy atom. The molecule has 0 spiro atoms. The fraction of sp³-hybridized carbons (Fsp3) is 0.179. The van der Waals surface area contributed by atoms with E-state index in [0.29, 0.717) is 23.8 Å². The van der Waals surface area contributed by atoms with Crippen molar-refractivity contribution in [1.29, 1.82) is 0 Å². The van der Waals surface area contributed by atoms with E-state index in [1.165, 1.54) is 0 Å². The molecule has 0 unspecified atom stereocenters. The molecule has 4 nitrogen and oxygen atoms in total. The first kappa shape index (κ1) is 21.4. The van der Waals surface area contributed by atoms with Gasteiger partial charge in [0.1, 0.15) is 18.1 Å². The molecule has 0 aliphatic rings. The molecule has 4 heteroatoms. The fourth-order valence-electron chi connectivity index (χ4n) is 3.81. The molecule has 0 fully saturated rings. The Bertz CT molecular complexity index is 1240. The predicted octanol–water partition coefficient (Wildman–Crippen LogP) is 6.80. The van der Waals surface area contributed by atoms with Crippen molar-refractivity contribution in [2.45, 2.75) is 26.4 Å². The fourth-order valence-corrected chi connectivity index (χ4v) is 3.81. The number of ether oxygens (including phenoxy) is 2. The van der Waals surface area contributed by atoms with Gasteiger partial charge >= 0.3 is 0 Å². The summed E-state index contributed by atoms with van der Waals surface area (Å²) in [5.74, 6) is 1.71. The number of amides is 1. The Labute approximate surface area is 188 Å². The van der Waals surface area contributed by atoms with E-state index in [1.807, 2.05) is 72.8 Å². The number of nitrogens with one attached hydrogen (secondary N) is 1. The molecule has 4 rings (SSSR count). The van der Waals surface area contributed by atoms with Gasteiger partial charge in [-0.25, -0.2) is 0 Å². The van der Waals surface area contributed by atoms with Crippen molar-refractivity contribution in [3.63, 3.8) is 0 Å². The van der Waals surface area contributed by atoms with Gasteiger partial charge < -0.3 is 14.8 Å². The lowest BCUT2D eigenvalue weighted by atomic mass is 10.0. The largest absolute Gasteiger partial charge is 0.496 e. The van der Waals surface area contributed by atoms with Crippen molar-refractivity contribution in [2.75, 3.05) is 12.4 Å². The van der Waals surface area contributed by atoms with Crippen LogP contribution in [0.2, 0.25) is 0 Å². The molecule has 162 valence electrons. The SMILES string of the molecule is COc1ccc(C(=O)Nc2cccc3ccccc23)cc1COc1ccccc1C(C)C. The molecule has 0 atom stereocenters. The summed E-state index contributed by atoms with van der Waals surface area (Å²) in [6, 6.07) is 27.3. The molecule has 0 radical (unpaired) electrons. The number of anilines is 1. The normalized spacial score (nSPS) is 10.9. The minimum atomic E-state index is -0.173. The Morgan fingerprint density at radius 2 is 1.62 bits per heavy atom. The number of para-hydroxylation sites is 1. The average molecular weight is 426 g/mol. The summed E-state index contributed by atoms with van der Waals surface area (Å²) in [5.41, 5.74) is 3.30. The average Bonchev–Trinajstić information content (AvgIpc) is 2.83. The van der Waals surface area contributed by atoms with Crippen LogP contribution in [0, 0.1) is 0 Å². The van der Waals surface area contributed by atoms with Gasteiger partial charge in [0.05, 0.1) is 7.11 Å². The molecule has 0 heterocycles. The molecule has 4 aromatic carbocycles. The first-order chi connectivity index (χ1) is 15.6. The number of fused-ring (bicyclic) bond motifs is 1. The molecule has 0 saturated carbocycles. The number of methoxy groups -OCH3 is 1. The summed E-state index contributed by atoms with van der Waals surface area (Å²) in [4.78, 5) is 13.0. The Kier molecular flexibility index (Phi) is 6.41. The quantitative estimate of drug-likeness (QED) is 0.354. The first-order valence-electron chi connectivity index (χ1n) is 10.7. The summed E-state index contributed by atoms with van der Waals surface area (Å²) in [6.45, 7) is 4.59. The lowest BCUT2D eigenvalue weighted by molar-refractivity contribution is 0.102. The second-order valence-electron chi connectivity index (χ2n) is 7.99. The van der Waals surface area contributed by atoms with Gasteiger partial charge in [-0.2, -0.15) is 0 Å². The van der Waals surface area contributed by atoms with E-state index >= 15 is 0 Å². The third kappa shape index (κ3) is 4.59. The van der Waals surface area contributed by atoms with Gasteiger partial charge in [-0.05, 0) is 47.2 Å². The van der Waals surface area contributed by atoms with Crippen LogP contribution in [0.25, 0.3) is 10.8 Å². The van der Waals surface area contributed by atoms with E-state index in [9.17, 15) is 4.79 Å². The molecule has 32 heavy (non-hydrogen) atoms. The highest BCUT2D eigenvalue weighted by molar-refractivity contribution is 6.09. The van der Waals surface area contributed by atoms with Crippen LogP contribution in [0.1, 0.15) is 41.3 Å². The minimum Gasteiger partial charge on any atom is -0.496 e. The Morgan fingerprint density at radius 1 is 0.875 bits per heavy atom. The summed E-state index contributed by atoms with van der Waals surface area (Å²) >= 11 is 0. The maximum atomic E-state index is 13.0. The number of rotatable bonds is 7. The summed E-state index contributed by atoms with van der Waals surface area (Å²) in [5, 5.41) is 5.13. The number of benzene rings is 4. The topological polar surface area (TPSA) is 47.6 Å². The highest BCUT2D eigenvalue weighted by Crippen LogP contribution is 2.29. The zero-order valence-corrected chi connectivity index (χ0v) is 18.6. The van der Waals surface area contributed by atoms with E-state index in [0.717, 1.165) is 33.3 Å². The van der Waals surface area contributed by atoms with E-state index in [-0.39, 0.29) is 5.91 Å². The molecular formula is C28H27NO3. The molecule has 1 amide bonds. The number of carbonyl (C=O) groups is 1.